The molecular formula is C43H61NO13S. The number of hydrogen-bond acceptors (Lipinski definition) is 14. The van der Waals surface area contributed by atoms with Crippen LogP contribution in [0.25, 0.3) is 0 Å². The van der Waals surface area contributed by atoms with Gasteiger partial charge >= 0.3 is 24.0 Å². The van der Waals surface area contributed by atoms with Crippen molar-refractivity contribution in [2.24, 2.45) is 17.3 Å². The van der Waals surface area contributed by atoms with Crippen LogP contribution in [0.5, 0.6) is 0 Å². The monoisotopic (exact) mass is 831 g/mol. The summed E-state index contributed by atoms with van der Waals surface area (Å²) in [6, 6.07) is 7.43. The smallest absolute Gasteiger partial charge is 0.407 e. The molecule has 1 saturated heterocycles. The zero-order valence-corrected chi connectivity index (χ0v) is 36.4. The minimum absolute atomic E-state index is 0.00913. The molecule has 1 aromatic rings. The number of fused-ring (bicyclic) bond motifs is 2. The molecule has 4 rings (SSSR count). The van der Waals surface area contributed by atoms with E-state index in [0.29, 0.717) is 12.4 Å². The van der Waals surface area contributed by atoms with Crippen molar-refractivity contribution in [3.63, 3.8) is 0 Å². The largest absolute Gasteiger partial charge is 0.504 e. The number of rotatable bonds is 15. The highest BCUT2D eigenvalue weighted by molar-refractivity contribution is 7.98. The number of aliphatic hydroxyl groups is 2. The molecule has 0 aromatic heterocycles. The minimum Gasteiger partial charge on any atom is -0.504 e. The fourth-order valence-electron chi connectivity index (χ4n) is 8.51. The third-order valence-electron chi connectivity index (χ3n) is 11.2. The molecule has 0 spiro atoms. The molecule has 15 heteroatoms. The third kappa shape index (κ3) is 10.1. The molecule has 1 amide bonds. The van der Waals surface area contributed by atoms with Gasteiger partial charge < -0.3 is 44.0 Å². The summed E-state index contributed by atoms with van der Waals surface area (Å²) >= 11 is 1.47. The van der Waals surface area contributed by atoms with E-state index in [1.54, 1.807) is 71.9 Å². The lowest BCUT2D eigenvalue weighted by molar-refractivity contribution is -0.295. The number of hydrogen-bond donors (Lipinski definition) is 3. The molecule has 2 bridgehead atoms. The molecule has 3 N–H and O–H groups in total. The van der Waals surface area contributed by atoms with Crippen LogP contribution in [0.15, 0.2) is 52.8 Å². The van der Waals surface area contributed by atoms with Crippen LogP contribution >= 0.6 is 11.8 Å². The van der Waals surface area contributed by atoms with Crippen molar-refractivity contribution >= 4 is 41.5 Å². The fourth-order valence-corrected chi connectivity index (χ4v) is 8.79. The van der Waals surface area contributed by atoms with Crippen LogP contribution in [0, 0.1) is 17.3 Å². The predicted octanol–water partition coefficient (Wildman–Crippen LogP) is 6.39. The number of esters is 3. The maximum atomic E-state index is 14.6. The number of allylic oxidation sites excluding steroid dienone is 1. The van der Waals surface area contributed by atoms with Gasteiger partial charge in [0.05, 0.1) is 37.1 Å². The summed E-state index contributed by atoms with van der Waals surface area (Å²) in [7, 11) is 0. The predicted molar refractivity (Wildman–Crippen MR) is 216 cm³/mol. The summed E-state index contributed by atoms with van der Waals surface area (Å²) in [5, 5.41) is 28.1. The molecule has 322 valence electrons. The Morgan fingerprint density at radius 2 is 1.71 bits per heavy atom. The van der Waals surface area contributed by atoms with E-state index in [0.717, 1.165) is 0 Å². The molecule has 7 atom stereocenters. The fraction of sp³-hybridized carbons (Fsp3) is 0.651. The van der Waals surface area contributed by atoms with E-state index in [1.165, 1.54) is 25.6 Å². The van der Waals surface area contributed by atoms with Crippen LogP contribution < -0.4 is 5.32 Å². The lowest BCUT2D eigenvalue weighted by atomic mass is 9.53. The van der Waals surface area contributed by atoms with Gasteiger partial charge in [0.2, 0.25) is 5.78 Å². The minimum atomic E-state index is -2.21. The number of aliphatic hydroxyl groups excluding tert-OH is 1. The highest BCUT2D eigenvalue weighted by atomic mass is 32.2. The Morgan fingerprint density at radius 3 is 2.26 bits per heavy atom. The van der Waals surface area contributed by atoms with E-state index >= 15 is 0 Å². The quantitative estimate of drug-likeness (QED) is 0.0762. The molecule has 2 unspecified atom stereocenters. The van der Waals surface area contributed by atoms with Gasteiger partial charge in [0.15, 0.2) is 11.4 Å². The number of carbonyl (C=O) groups excluding carboxylic acids is 5. The standard InChI is InChI=1S/C43H61NO13S/c1-24(2)19-29(44-39(50)57-40(6,7)8)20-32(46)54-30-21-43(51)37(55-38(49)28-15-13-12-14-16-28)34(26(4)35(47)36(48)33(25(30)3)41(43,9)10)42(56-27(5)45)22-53-31(42)17-18-52-23-58-11/h12-16,24,29-31,34,37,47,51H,17-23H2,1-11H3,(H,44,50)/b35-26+/t29?,30-,31+,34?,37-,42-,43+/m0/s1. The van der Waals surface area contributed by atoms with Crippen LogP contribution in [-0.4, -0.2) is 107 Å². The molecule has 0 radical (unpaired) electrons. The summed E-state index contributed by atoms with van der Waals surface area (Å²) < 4.78 is 35.8. The molecule has 1 heterocycles. The van der Waals surface area contributed by atoms with Crippen molar-refractivity contribution in [2.45, 2.75) is 136 Å². The highest BCUT2D eigenvalue weighted by Crippen LogP contribution is 2.58. The third-order valence-corrected chi connectivity index (χ3v) is 11.6. The van der Waals surface area contributed by atoms with Gasteiger partial charge in [-0.3, -0.25) is 14.4 Å². The topological polar surface area (TPSA) is 193 Å². The summed E-state index contributed by atoms with van der Waals surface area (Å²) in [5.41, 5.74) is -5.80. The van der Waals surface area contributed by atoms with Crippen LogP contribution in [0.1, 0.15) is 105 Å². The zero-order valence-electron chi connectivity index (χ0n) is 35.6. The average molecular weight is 832 g/mol. The average Bonchev–Trinajstić information content (AvgIpc) is 3.10. The number of Topliss-reactive ketones (excluding diaryl/α,β-unsaturated/α-hetero) is 1. The van der Waals surface area contributed by atoms with E-state index in [4.69, 9.17) is 28.4 Å². The first kappa shape index (κ1) is 46.8. The Hall–Kier alpha value is -3.92. The number of carbonyl (C=O) groups is 5. The van der Waals surface area contributed by atoms with Gasteiger partial charge in [-0.05, 0) is 76.5 Å². The molecule has 14 nitrogen and oxygen atoms in total. The Bertz CT molecular complexity index is 1770. The van der Waals surface area contributed by atoms with Crippen molar-refractivity contribution in [1.29, 1.82) is 0 Å². The van der Waals surface area contributed by atoms with Gasteiger partial charge in [-0.2, -0.15) is 0 Å². The van der Waals surface area contributed by atoms with E-state index < -0.39 is 88.0 Å². The summed E-state index contributed by atoms with van der Waals surface area (Å²) in [5.74, 6) is -4.69. The Balaban J connectivity index is 1.87. The van der Waals surface area contributed by atoms with Crippen molar-refractivity contribution < 1.29 is 62.6 Å². The number of ether oxygens (including phenoxy) is 6. The van der Waals surface area contributed by atoms with Crippen molar-refractivity contribution in [3.8, 4) is 0 Å². The van der Waals surface area contributed by atoms with E-state index in [9.17, 15) is 34.2 Å². The number of amides is 1. The van der Waals surface area contributed by atoms with Gasteiger partial charge in [0, 0.05) is 36.8 Å². The van der Waals surface area contributed by atoms with Crippen LogP contribution in [0.3, 0.4) is 0 Å². The maximum Gasteiger partial charge on any atom is 0.407 e. The van der Waals surface area contributed by atoms with Crippen LogP contribution in [0.4, 0.5) is 4.79 Å². The molecule has 58 heavy (non-hydrogen) atoms. The van der Waals surface area contributed by atoms with Crippen molar-refractivity contribution in [3.05, 3.63) is 58.4 Å². The first-order chi connectivity index (χ1) is 27.0. The van der Waals surface area contributed by atoms with Crippen LogP contribution in [0.2, 0.25) is 0 Å². The molecule has 0 saturated carbocycles. The van der Waals surface area contributed by atoms with E-state index in [-0.39, 0.29) is 60.7 Å². The van der Waals surface area contributed by atoms with Gasteiger partial charge in [0.25, 0.3) is 0 Å². The second kappa shape index (κ2) is 18.6. The lowest BCUT2D eigenvalue weighted by Gasteiger charge is -2.60. The first-order valence-corrected chi connectivity index (χ1v) is 21.1. The van der Waals surface area contributed by atoms with E-state index in [1.807, 2.05) is 20.1 Å². The molecule has 1 fully saturated rings. The molecule has 2 aliphatic carbocycles. The highest BCUT2D eigenvalue weighted by Gasteiger charge is 2.69. The number of benzene rings is 1. The normalized spacial score (nSPS) is 28.7. The second-order valence-electron chi connectivity index (χ2n) is 17.4. The van der Waals surface area contributed by atoms with Gasteiger partial charge in [-0.15, -0.1) is 11.8 Å². The van der Waals surface area contributed by atoms with E-state index in [2.05, 4.69) is 5.32 Å². The lowest BCUT2D eigenvalue weighted by Crippen LogP contribution is -2.73. The van der Waals surface area contributed by atoms with Crippen molar-refractivity contribution in [2.75, 3.05) is 25.4 Å². The SMILES string of the molecule is CSCOCC[C@H]1OC[C@@]1(OC(C)=O)C1/C(C)=C(/O)C(=O)C2=C(C)[C@@H](OC(=O)CC(CC(C)C)NC(=O)OC(C)(C)C)C[C@@](O)([C@H]1OC(=O)c1ccccc1)C2(C)C. The second-order valence-corrected chi connectivity index (χ2v) is 18.3. The molecule has 1 aliphatic heterocycles. The number of alkyl carbamates (subject to hydrolysis) is 1. The Kier molecular flexibility index (Phi) is 15.0. The molecular weight excluding hydrogens is 771 g/mol. The Labute approximate surface area is 345 Å². The van der Waals surface area contributed by atoms with Gasteiger partial charge in [-0.25, -0.2) is 9.59 Å². The van der Waals surface area contributed by atoms with Gasteiger partial charge in [-0.1, -0.05) is 45.9 Å². The maximum absolute atomic E-state index is 14.6. The zero-order chi connectivity index (χ0) is 43.4. The van der Waals surface area contributed by atoms with Crippen LogP contribution in [-0.2, 0) is 42.8 Å². The Morgan fingerprint density at radius 1 is 1.05 bits per heavy atom. The molecule has 3 aliphatic rings. The van der Waals surface area contributed by atoms with Crippen molar-refractivity contribution in [1.82, 2.24) is 5.32 Å². The number of nitrogens with one attached hydrogen (secondary N) is 1. The summed E-state index contributed by atoms with van der Waals surface area (Å²) in [6.45, 7) is 16.5. The number of ketones is 1. The first-order valence-electron chi connectivity index (χ1n) is 19.7. The summed E-state index contributed by atoms with van der Waals surface area (Å²) in [6.07, 6.45) is -2.57. The summed E-state index contributed by atoms with van der Waals surface area (Å²) in [4.78, 5) is 68.3. The van der Waals surface area contributed by atoms with Gasteiger partial charge in [0.1, 0.15) is 29.5 Å². The number of thioether (sulfide) groups is 1. The molecule has 1 aromatic carbocycles.